The maximum Gasteiger partial charge on any atom is 0.226 e. The van der Waals surface area contributed by atoms with E-state index in [1.807, 2.05) is 12.1 Å². The molecule has 1 aromatic heterocycles. The zero-order valence-corrected chi connectivity index (χ0v) is 13.3. The van der Waals surface area contributed by atoms with Gasteiger partial charge in [-0.3, -0.25) is 0 Å². The fourth-order valence-electron chi connectivity index (χ4n) is 2.07. The Morgan fingerprint density at radius 3 is 2.62 bits per heavy atom. The third-order valence-corrected chi connectivity index (χ3v) is 3.94. The molecule has 2 aromatic rings. The average Bonchev–Trinajstić information content (AvgIpc) is 2.90. The Hall–Kier alpha value is -1.10. The number of benzene rings is 1. The van der Waals surface area contributed by atoms with E-state index in [4.69, 9.17) is 33.5 Å². The van der Waals surface area contributed by atoms with Gasteiger partial charge < -0.3 is 10.3 Å². The predicted molar refractivity (Wildman–Crippen MR) is 84.8 cm³/mol. The molecule has 0 radical (unpaired) electrons. The third-order valence-electron chi connectivity index (χ3n) is 3.20. The topological polar surface area (TPSA) is 64.9 Å². The fourth-order valence-corrected chi connectivity index (χ4v) is 2.39. The highest BCUT2D eigenvalue weighted by Gasteiger charge is 2.08. The molecule has 0 bridgehead atoms. The smallest absolute Gasteiger partial charge is 0.226 e. The molecule has 0 amide bonds. The molecule has 0 unspecified atom stereocenters. The van der Waals surface area contributed by atoms with Crippen molar-refractivity contribution >= 4 is 23.2 Å². The average molecular weight is 328 g/mol. The van der Waals surface area contributed by atoms with Gasteiger partial charge >= 0.3 is 0 Å². The molecule has 0 saturated carbocycles. The van der Waals surface area contributed by atoms with E-state index in [-0.39, 0.29) is 0 Å². The van der Waals surface area contributed by atoms with Crippen molar-refractivity contribution in [3.05, 3.63) is 45.5 Å². The van der Waals surface area contributed by atoms with Crippen molar-refractivity contribution in [3.63, 3.8) is 0 Å². The molecule has 1 heterocycles. The van der Waals surface area contributed by atoms with Gasteiger partial charge in [0.25, 0.3) is 0 Å². The van der Waals surface area contributed by atoms with Crippen molar-refractivity contribution in [2.75, 3.05) is 6.54 Å². The van der Waals surface area contributed by atoms with E-state index in [9.17, 15) is 0 Å². The van der Waals surface area contributed by atoms with Crippen LogP contribution in [0.5, 0.6) is 0 Å². The molecule has 6 heteroatoms. The Balaban J connectivity index is 1.83. The van der Waals surface area contributed by atoms with Crippen LogP contribution < -0.4 is 5.73 Å². The zero-order chi connectivity index (χ0) is 15.1. The van der Waals surface area contributed by atoms with Crippen molar-refractivity contribution in [3.8, 4) is 0 Å². The summed E-state index contributed by atoms with van der Waals surface area (Å²) in [6, 6.07) is 5.52. The lowest BCUT2D eigenvalue weighted by atomic mass is 10.1. The van der Waals surface area contributed by atoms with Crippen molar-refractivity contribution in [1.82, 2.24) is 10.1 Å². The van der Waals surface area contributed by atoms with Crippen LogP contribution in [0.4, 0.5) is 0 Å². The minimum absolute atomic E-state index is 0.540. The van der Waals surface area contributed by atoms with Crippen LogP contribution in [0.15, 0.2) is 22.7 Å². The van der Waals surface area contributed by atoms with Crippen LogP contribution in [0.25, 0.3) is 0 Å². The van der Waals surface area contributed by atoms with Gasteiger partial charge in [-0.25, -0.2) is 0 Å². The number of nitrogens with zero attached hydrogens (tertiary/aromatic N) is 2. The van der Waals surface area contributed by atoms with Gasteiger partial charge in [-0.1, -0.05) is 47.3 Å². The highest BCUT2D eigenvalue weighted by atomic mass is 35.5. The first kappa shape index (κ1) is 16.3. The van der Waals surface area contributed by atoms with Gasteiger partial charge in [0.1, 0.15) is 0 Å². The number of hydrogen-bond acceptors (Lipinski definition) is 4. The van der Waals surface area contributed by atoms with Gasteiger partial charge in [-0.05, 0) is 37.1 Å². The molecule has 0 aliphatic carbocycles. The van der Waals surface area contributed by atoms with Crippen LogP contribution in [-0.2, 0) is 12.8 Å². The zero-order valence-electron chi connectivity index (χ0n) is 11.8. The number of hydrogen-bond donors (Lipinski definition) is 1. The number of rotatable bonds is 8. The Kier molecular flexibility index (Phi) is 6.49. The molecule has 114 valence electrons. The second kappa shape index (κ2) is 8.37. The number of nitrogens with two attached hydrogens (primary N) is 1. The molecule has 2 N–H and O–H groups in total. The summed E-state index contributed by atoms with van der Waals surface area (Å²) in [7, 11) is 0. The van der Waals surface area contributed by atoms with Crippen molar-refractivity contribution < 1.29 is 4.52 Å². The van der Waals surface area contributed by atoms with E-state index in [2.05, 4.69) is 10.1 Å². The molecule has 0 fully saturated rings. The van der Waals surface area contributed by atoms with E-state index >= 15 is 0 Å². The van der Waals surface area contributed by atoms with Crippen LogP contribution in [0.3, 0.4) is 0 Å². The maximum absolute atomic E-state index is 5.99. The lowest BCUT2D eigenvalue weighted by molar-refractivity contribution is 0.369. The number of unbranched alkanes of at least 4 members (excludes halogenated alkanes) is 3. The molecule has 0 aliphatic heterocycles. The lowest BCUT2D eigenvalue weighted by Crippen LogP contribution is -1.98. The van der Waals surface area contributed by atoms with Gasteiger partial charge in [0.05, 0.1) is 10.0 Å². The van der Waals surface area contributed by atoms with Crippen LogP contribution in [0.2, 0.25) is 10.0 Å². The Labute approximate surface area is 134 Å². The molecule has 0 saturated heterocycles. The maximum atomic E-state index is 5.99. The van der Waals surface area contributed by atoms with Gasteiger partial charge in [0.15, 0.2) is 5.82 Å². The van der Waals surface area contributed by atoms with Crippen LogP contribution in [0, 0.1) is 0 Å². The van der Waals surface area contributed by atoms with E-state index in [0.29, 0.717) is 28.2 Å². The number of aromatic nitrogens is 2. The van der Waals surface area contributed by atoms with Crippen molar-refractivity contribution in [2.24, 2.45) is 5.73 Å². The Morgan fingerprint density at radius 1 is 1.05 bits per heavy atom. The van der Waals surface area contributed by atoms with Crippen LogP contribution in [-0.4, -0.2) is 16.7 Å². The fraction of sp³-hybridized carbons (Fsp3) is 0.467. The Bertz CT molecular complexity index is 572. The minimum atomic E-state index is 0.540. The van der Waals surface area contributed by atoms with E-state index in [1.54, 1.807) is 6.07 Å². The van der Waals surface area contributed by atoms with Crippen molar-refractivity contribution in [2.45, 2.75) is 38.5 Å². The standard InChI is InChI=1S/C15H19Cl2N3O/c16-12-7-6-11(9-13(12)17)10-14-19-15(21-20-14)5-3-1-2-4-8-18/h6-7,9H,1-5,8,10,18H2. The summed E-state index contributed by atoms with van der Waals surface area (Å²) in [6.07, 6.45) is 5.83. The van der Waals surface area contributed by atoms with E-state index < -0.39 is 0 Å². The summed E-state index contributed by atoms with van der Waals surface area (Å²) >= 11 is 11.9. The number of aryl methyl sites for hydroxylation is 1. The van der Waals surface area contributed by atoms with Crippen LogP contribution >= 0.6 is 23.2 Å². The molecular formula is C15H19Cl2N3O. The summed E-state index contributed by atoms with van der Waals surface area (Å²) in [5.41, 5.74) is 6.47. The normalized spacial score (nSPS) is 11.0. The molecule has 1 aromatic carbocycles. The van der Waals surface area contributed by atoms with Gasteiger partial charge in [0.2, 0.25) is 5.89 Å². The highest BCUT2D eigenvalue weighted by Crippen LogP contribution is 2.23. The summed E-state index contributed by atoms with van der Waals surface area (Å²) < 4.78 is 5.25. The van der Waals surface area contributed by atoms with Crippen LogP contribution in [0.1, 0.15) is 43.0 Å². The molecular weight excluding hydrogens is 309 g/mol. The SMILES string of the molecule is NCCCCCCc1nc(Cc2ccc(Cl)c(Cl)c2)no1. The quantitative estimate of drug-likeness (QED) is 0.743. The second-order valence-corrected chi connectivity index (χ2v) is 5.80. The second-order valence-electron chi connectivity index (χ2n) is 4.98. The minimum Gasteiger partial charge on any atom is -0.339 e. The van der Waals surface area contributed by atoms with Crippen molar-refractivity contribution in [1.29, 1.82) is 0 Å². The Morgan fingerprint density at radius 2 is 1.86 bits per heavy atom. The summed E-state index contributed by atoms with van der Waals surface area (Å²) in [5, 5.41) is 5.08. The molecule has 2 rings (SSSR count). The van der Waals surface area contributed by atoms with E-state index in [1.165, 1.54) is 0 Å². The third kappa shape index (κ3) is 5.30. The molecule has 21 heavy (non-hydrogen) atoms. The first-order chi connectivity index (χ1) is 10.2. The molecule has 4 nitrogen and oxygen atoms in total. The monoisotopic (exact) mass is 327 g/mol. The largest absolute Gasteiger partial charge is 0.339 e. The van der Waals surface area contributed by atoms with Gasteiger partial charge in [0, 0.05) is 12.8 Å². The van der Waals surface area contributed by atoms with Gasteiger partial charge in [-0.15, -0.1) is 0 Å². The number of halogens is 2. The summed E-state index contributed by atoms with van der Waals surface area (Å²) in [6.45, 7) is 0.758. The first-order valence-corrected chi connectivity index (χ1v) is 7.90. The lowest BCUT2D eigenvalue weighted by Gasteiger charge is -1.99. The highest BCUT2D eigenvalue weighted by molar-refractivity contribution is 6.42. The summed E-state index contributed by atoms with van der Waals surface area (Å²) in [4.78, 5) is 4.40. The molecule has 0 atom stereocenters. The molecule has 0 spiro atoms. The predicted octanol–water partition coefficient (Wildman–Crippen LogP) is 4.03. The summed E-state index contributed by atoms with van der Waals surface area (Å²) in [5.74, 6) is 1.36. The first-order valence-electron chi connectivity index (χ1n) is 7.14. The van der Waals surface area contributed by atoms with Gasteiger partial charge in [-0.2, -0.15) is 4.98 Å². The molecule has 0 aliphatic rings. The van der Waals surface area contributed by atoms with E-state index in [0.717, 1.165) is 44.2 Å².